The smallest absolute Gasteiger partial charge is 0.242 e. The van der Waals surface area contributed by atoms with Gasteiger partial charge in [-0.25, -0.2) is 4.99 Å². The van der Waals surface area contributed by atoms with Crippen molar-refractivity contribution >= 4 is 35.8 Å². The minimum atomic E-state index is -0.00475. The summed E-state index contributed by atoms with van der Waals surface area (Å²) in [5, 5.41) is 9.56. The highest BCUT2D eigenvalue weighted by atomic mass is 127. The van der Waals surface area contributed by atoms with Gasteiger partial charge in [0, 0.05) is 19.1 Å². The average Bonchev–Trinajstić information content (AvgIpc) is 3.15. The average molecular weight is 502 g/mol. The van der Waals surface area contributed by atoms with E-state index in [0.29, 0.717) is 12.0 Å². The fraction of sp³-hybridized carbons (Fsp3) is 0.600. The van der Waals surface area contributed by atoms with Crippen LogP contribution in [-0.4, -0.2) is 44.3 Å². The van der Waals surface area contributed by atoms with Gasteiger partial charge in [-0.3, -0.25) is 4.79 Å². The molecule has 0 spiro atoms. The zero-order valence-electron chi connectivity index (χ0n) is 16.5. The van der Waals surface area contributed by atoms with Crippen LogP contribution in [0.15, 0.2) is 23.2 Å². The van der Waals surface area contributed by atoms with Crippen molar-refractivity contribution in [2.75, 3.05) is 26.4 Å². The van der Waals surface area contributed by atoms with Gasteiger partial charge in [-0.15, -0.1) is 24.0 Å². The number of nitrogens with one attached hydrogen (secondary N) is 3. The first-order chi connectivity index (χ1) is 13.2. The number of guanidine groups is 1. The van der Waals surface area contributed by atoms with E-state index in [9.17, 15) is 4.79 Å². The summed E-state index contributed by atoms with van der Waals surface area (Å²) in [6.07, 6.45) is 6.70. The number of carbonyl (C=O) groups excluding carboxylic acids is 1. The van der Waals surface area contributed by atoms with E-state index in [4.69, 9.17) is 9.47 Å². The van der Waals surface area contributed by atoms with Gasteiger partial charge in [0.25, 0.3) is 0 Å². The summed E-state index contributed by atoms with van der Waals surface area (Å²) >= 11 is 0. The lowest BCUT2D eigenvalue weighted by Crippen LogP contribution is -2.41. The maximum atomic E-state index is 12.1. The largest absolute Gasteiger partial charge is 0.454 e. The lowest BCUT2D eigenvalue weighted by Gasteiger charge is -2.22. The number of halogens is 1. The minimum Gasteiger partial charge on any atom is -0.454 e. The number of ether oxygens (including phenoxy) is 2. The number of carbonyl (C=O) groups is 1. The van der Waals surface area contributed by atoms with E-state index in [0.717, 1.165) is 49.4 Å². The van der Waals surface area contributed by atoms with Gasteiger partial charge in [-0.2, -0.15) is 0 Å². The third-order valence-corrected chi connectivity index (χ3v) is 4.84. The van der Waals surface area contributed by atoms with Crippen LogP contribution in [0.3, 0.4) is 0 Å². The van der Waals surface area contributed by atoms with Crippen molar-refractivity contribution in [3.63, 3.8) is 0 Å². The van der Waals surface area contributed by atoms with Crippen molar-refractivity contribution in [1.29, 1.82) is 0 Å². The van der Waals surface area contributed by atoms with E-state index in [1.54, 1.807) is 0 Å². The monoisotopic (exact) mass is 502 g/mol. The molecule has 0 radical (unpaired) electrons. The number of rotatable bonds is 7. The van der Waals surface area contributed by atoms with Crippen molar-refractivity contribution in [3.05, 3.63) is 23.8 Å². The molecule has 0 bridgehead atoms. The summed E-state index contributed by atoms with van der Waals surface area (Å²) < 4.78 is 10.7. The van der Waals surface area contributed by atoms with Crippen LogP contribution in [0.25, 0.3) is 0 Å². The fourth-order valence-electron chi connectivity index (χ4n) is 3.43. The van der Waals surface area contributed by atoms with Gasteiger partial charge in [-0.05, 0) is 43.9 Å². The third kappa shape index (κ3) is 7.03. The molecule has 0 aromatic heterocycles. The highest BCUT2D eigenvalue weighted by Gasteiger charge is 2.15. The molecule has 8 heteroatoms. The fourth-order valence-corrected chi connectivity index (χ4v) is 3.43. The van der Waals surface area contributed by atoms with Gasteiger partial charge < -0.3 is 25.4 Å². The Balaban J connectivity index is 0.00000280. The lowest BCUT2D eigenvalue weighted by atomic mass is 9.95. The second-order valence-corrected chi connectivity index (χ2v) is 6.96. The van der Waals surface area contributed by atoms with E-state index < -0.39 is 0 Å². The van der Waals surface area contributed by atoms with Gasteiger partial charge in [0.2, 0.25) is 12.7 Å². The number of aliphatic imine (C=N–C) groups is 1. The van der Waals surface area contributed by atoms with E-state index in [1.807, 2.05) is 25.1 Å². The summed E-state index contributed by atoms with van der Waals surface area (Å²) in [5.74, 6) is 2.25. The Morgan fingerprint density at radius 1 is 1.14 bits per heavy atom. The van der Waals surface area contributed by atoms with Crippen LogP contribution in [0.2, 0.25) is 0 Å². The highest BCUT2D eigenvalue weighted by Crippen LogP contribution is 2.32. The molecule has 1 aliphatic carbocycles. The minimum absolute atomic E-state index is 0. The molecular formula is C20H31IN4O3. The summed E-state index contributed by atoms with van der Waals surface area (Å²) in [7, 11) is 0. The Kier molecular flexibility index (Phi) is 9.66. The maximum Gasteiger partial charge on any atom is 0.242 e. The Hall–Kier alpha value is -1.71. The quantitative estimate of drug-likeness (QED) is 0.303. The molecule has 1 amide bonds. The predicted molar refractivity (Wildman–Crippen MR) is 121 cm³/mol. The third-order valence-electron chi connectivity index (χ3n) is 4.84. The van der Waals surface area contributed by atoms with Crippen LogP contribution in [0.5, 0.6) is 11.5 Å². The normalized spacial score (nSPS) is 16.2. The predicted octanol–water partition coefficient (Wildman–Crippen LogP) is 2.58. The van der Waals surface area contributed by atoms with E-state index in [-0.39, 0.29) is 43.2 Å². The van der Waals surface area contributed by atoms with Crippen LogP contribution in [-0.2, 0) is 11.2 Å². The van der Waals surface area contributed by atoms with Crippen LogP contribution in [0.1, 0.15) is 44.6 Å². The summed E-state index contributed by atoms with van der Waals surface area (Å²) in [6.45, 7) is 3.92. The SMILES string of the molecule is CCNC(=NCC(=O)NC1CCCCC1)NCCc1ccc2c(c1)OCO2.I. The van der Waals surface area contributed by atoms with Crippen LogP contribution >= 0.6 is 24.0 Å². The molecule has 2 aliphatic rings. The molecule has 28 heavy (non-hydrogen) atoms. The molecule has 1 aliphatic heterocycles. The highest BCUT2D eigenvalue weighted by molar-refractivity contribution is 14.0. The number of amides is 1. The lowest BCUT2D eigenvalue weighted by molar-refractivity contribution is -0.120. The molecule has 1 fully saturated rings. The summed E-state index contributed by atoms with van der Waals surface area (Å²) in [4.78, 5) is 16.5. The van der Waals surface area contributed by atoms with Gasteiger partial charge >= 0.3 is 0 Å². The molecule has 0 unspecified atom stereocenters. The van der Waals surface area contributed by atoms with Gasteiger partial charge in [0.1, 0.15) is 6.54 Å². The van der Waals surface area contributed by atoms with Gasteiger partial charge in [0.05, 0.1) is 0 Å². The van der Waals surface area contributed by atoms with E-state index in [2.05, 4.69) is 20.9 Å². The number of hydrogen-bond donors (Lipinski definition) is 3. The Labute approximate surface area is 184 Å². The standard InChI is InChI=1S/C20H30N4O3.HI/c1-2-21-20(23-13-19(25)24-16-6-4-3-5-7-16)22-11-10-15-8-9-17-18(12-15)27-14-26-17;/h8-9,12,16H,2-7,10-11,13-14H2,1H3,(H,24,25)(H2,21,22,23);1H. The number of fused-ring (bicyclic) bond motifs is 1. The van der Waals surface area contributed by atoms with Crippen LogP contribution in [0, 0.1) is 0 Å². The zero-order chi connectivity index (χ0) is 18.9. The van der Waals surface area contributed by atoms with Crippen molar-refractivity contribution < 1.29 is 14.3 Å². The van der Waals surface area contributed by atoms with Crippen molar-refractivity contribution in [2.45, 2.75) is 51.5 Å². The number of nitrogens with zero attached hydrogens (tertiary/aromatic N) is 1. The molecule has 7 nitrogen and oxygen atoms in total. The van der Waals surface area contributed by atoms with Gasteiger partial charge in [0.15, 0.2) is 17.5 Å². The van der Waals surface area contributed by atoms with E-state index in [1.165, 1.54) is 19.3 Å². The van der Waals surface area contributed by atoms with E-state index >= 15 is 0 Å². The van der Waals surface area contributed by atoms with Gasteiger partial charge in [-0.1, -0.05) is 25.3 Å². The second-order valence-electron chi connectivity index (χ2n) is 6.96. The molecule has 1 heterocycles. The second kappa shape index (κ2) is 12.0. The summed E-state index contributed by atoms with van der Waals surface area (Å²) in [6, 6.07) is 6.30. The molecule has 3 rings (SSSR count). The molecular weight excluding hydrogens is 471 g/mol. The molecule has 1 aromatic rings. The first-order valence-corrected chi connectivity index (χ1v) is 9.94. The molecule has 1 saturated carbocycles. The van der Waals surface area contributed by atoms with Crippen molar-refractivity contribution in [2.24, 2.45) is 4.99 Å². The molecule has 0 atom stereocenters. The molecule has 156 valence electrons. The molecule has 3 N–H and O–H groups in total. The first-order valence-electron chi connectivity index (χ1n) is 9.94. The van der Waals surface area contributed by atoms with Crippen LogP contribution in [0.4, 0.5) is 0 Å². The maximum absolute atomic E-state index is 12.1. The van der Waals surface area contributed by atoms with Crippen LogP contribution < -0.4 is 25.4 Å². The molecule has 1 aromatic carbocycles. The number of benzene rings is 1. The zero-order valence-corrected chi connectivity index (χ0v) is 18.8. The Morgan fingerprint density at radius 2 is 1.93 bits per heavy atom. The van der Waals surface area contributed by atoms with Crippen molar-refractivity contribution in [1.82, 2.24) is 16.0 Å². The first kappa shape index (κ1) is 22.6. The molecule has 0 saturated heterocycles. The topological polar surface area (TPSA) is 84.0 Å². The Morgan fingerprint density at radius 3 is 2.71 bits per heavy atom. The summed E-state index contributed by atoms with van der Waals surface area (Å²) in [5.41, 5.74) is 1.16. The number of hydrogen-bond acceptors (Lipinski definition) is 4. The van der Waals surface area contributed by atoms with Crippen molar-refractivity contribution in [3.8, 4) is 11.5 Å². The Bertz CT molecular complexity index is 663.